The van der Waals surface area contributed by atoms with Crippen LogP contribution in [0.5, 0.6) is 5.75 Å². The van der Waals surface area contributed by atoms with Crippen LogP contribution in [0.1, 0.15) is 11.1 Å². The van der Waals surface area contributed by atoms with Crippen molar-refractivity contribution in [2.24, 2.45) is 0 Å². The summed E-state index contributed by atoms with van der Waals surface area (Å²) in [5.74, 6) is 0.906. The summed E-state index contributed by atoms with van der Waals surface area (Å²) in [6.07, 6.45) is 2.11. The van der Waals surface area contributed by atoms with Crippen LogP contribution in [0.15, 0.2) is 57.6 Å². The van der Waals surface area contributed by atoms with Crippen LogP contribution >= 0.6 is 31.9 Å². The molecule has 1 aliphatic heterocycles. The Balaban J connectivity index is 2.06. The second-order valence-corrected chi connectivity index (χ2v) is 6.83. The molecule has 0 bridgehead atoms. The van der Waals surface area contributed by atoms with Crippen molar-refractivity contribution in [3.8, 4) is 5.75 Å². The Kier molecular flexibility index (Phi) is 3.23. The average Bonchev–Trinajstić information content (AvgIpc) is 2.46. The van der Waals surface area contributed by atoms with Crippen LogP contribution in [0, 0.1) is 0 Å². The van der Waals surface area contributed by atoms with Crippen molar-refractivity contribution < 1.29 is 9.30 Å². The lowest BCUT2D eigenvalue weighted by molar-refractivity contribution is -0.663. The summed E-state index contributed by atoms with van der Waals surface area (Å²) in [4.78, 5) is 0. The summed E-state index contributed by atoms with van der Waals surface area (Å²) < 4.78 is 10.4. The van der Waals surface area contributed by atoms with Crippen molar-refractivity contribution in [3.63, 3.8) is 0 Å². The minimum atomic E-state index is 0.598. The molecule has 1 aromatic heterocycles. The van der Waals surface area contributed by atoms with E-state index in [4.69, 9.17) is 4.74 Å². The van der Waals surface area contributed by atoms with Gasteiger partial charge in [-0.25, -0.2) is 0 Å². The lowest BCUT2D eigenvalue weighted by Crippen LogP contribution is -2.36. The highest BCUT2D eigenvalue weighted by molar-refractivity contribution is 9.11. The average molecular weight is 406 g/mol. The molecule has 0 saturated heterocycles. The number of fused-ring (bicyclic) bond motifs is 1. The van der Waals surface area contributed by atoms with Crippen LogP contribution in [0.25, 0.3) is 10.9 Å². The van der Waals surface area contributed by atoms with E-state index in [1.54, 1.807) is 0 Å². The maximum atomic E-state index is 6.12. The zero-order chi connectivity index (χ0) is 14.4. The van der Waals surface area contributed by atoms with E-state index in [-0.39, 0.29) is 0 Å². The zero-order valence-corrected chi connectivity index (χ0v) is 14.3. The normalized spacial score (nSPS) is 13.2. The van der Waals surface area contributed by atoms with E-state index < -0.39 is 0 Å². The molecule has 4 heteroatoms. The molecule has 2 heterocycles. The molecule has 3 aromatic rings. The summed E-state index contributed by atoms with van der Waals surface area (Å²) >= 11 is 7.28. The van der Waals surface area contributed by atoms with E-state index in [0.717, 1.165) is 32.1 Å². The fraction of sp³-hybridized carbons (Fsp3) is 0.118. The molecule has 0 spiro atoms. The van der Waals surface area contributed by atoms with Crippen molar-refractivity contribution >= 4 is 42.8 Å². The van der Waals surface area contributed by atoms with E-state index in [1.807, 2.05) is 0 Å². The Morgan fingerprint density at radius 2 is 1.76 bits per heavy atom. The standard InChI is InChI=1S/C17H12Br2NO/c18-14-8-15(19)17-16-13(14)6-3-7-20(16)9-11-4-1-2-5-12(11)10-21-17/h1-8H,9-10H2/q+1. The molecule has 0 saturated carbocycles. The topological polar surface area (TPSA) is 13.1 Å². The molecule has 0 amide bonds. The van der Waals surface area contributed by atoms with Crippen molar-refractivity contribution in [1.82, 2.24) is 0 Å². The third-order valence-electron chi connectivity index (χ3n) is 3.85. The molecular formula is C17H12Br2NO+. The molecule has 0 unspecified atom stereocenters. The molecule has 104 valence electrons. The van der Waals surface area contributed by atoms with Gasteiger partial charge in [0.05, 0.1) is 9.86 Å². The number of pyridine rings is 1. The number of hydrogen-bond acceptors (Lipinski definition) is 1. The number of aromatic nitrogens is 1. The highest BCUT2D eigenvalue weighted by atomic mass is 79.9. The van der Waals surface area contributed by atoms with E-state index in [9.17, 15) is 0 Å². The monoisotopic (exact) mass is 404 g/mol. The van der Waals surface area contributed by atoms with Crippen molar-refractivity contribution in [2.45, 2.75) is 13.2 Å². The van der Waals surface area contributed by atoms with E-state index in [2.05, 4.69) is 85.1 Å². The summed E-state index contributed by atoms with van der Waals surface area (Å²) in [6, 6.07) is 14.7. The first-order chi connectivity index (χ1) is 10.2. The largest absolute Gasteiger partial charge is 0.481 e. The van der Waals surface area contributed by atoms with Crippen LogP contribution in [-0.4, -0.2) is 0 Å². The Morgan fingerprint density at radius 1 is 0.952 bits per heavy atom. The number of halogens is 2. The minimum absolute atomic E-state index is 0.598. The van der Waals surface area contributed by atoms with Gasteiger partial charge in [0.25, 0.3) is 5.52 Å². The number of ether oxygens (including phenoxy) is 1. The zero-order valence-electron chi connectivity index (χ0n) is 11.1. The maximum absolute atomic E-state index is 6.12. The number of benzene rings is 2. The Morgan fingerprint density at radius 3 is 2.62 bits per heavy atom. The van der Waals surface area contributed by atoms with Crippen molar-refractivity contribution in [2.75, 3.05) is 0 Å². The van der Waals surface area contributed by atoms with Gasteiger partial charge in [0, 0.05) is 16.1 Å². The number of hydrogen-bond donors (Lipinski definition) is 0. The van der Waals surface area contributed by atoms with E-state index >= 15 is 0 Å². The predicted molar refractivity (Wildman–Crippen MR) is 89.4 cm³/mol. The van der Waals surface area contributed by atoms with E-state index in [1.165, 1.54) is 11.1 Å². The van der Waals surface area contributed by atoms with Gasteiger partial charge in [-0.1, -0.05) is 24.3 Å². The highest BCUT2D eigenvalue weighted by Crippen LogP contribution is 2.38. The molecule has 0 radical (unpaired) electrons. The summed E-state index contributed by atoms with van der Waals surface area (Å²) in [7, 11) is 0. The molecule has 0 N–H and O–H groups in total. The highest BCUT2D eigenvalue weighted by Gasteiger charge is 2.23. The molecule has 2 nitrogen and oxygen atoms in total. The minimum Gasteiger partial charge on any atom is -0.481 e. The van der Waals surface area contributed by atoms with Crippen LogP contribution in [-0.2, 0) is 13.2 Å². The van der Waals surface area contributed by atoms with Crippen LogP contribution in [0.3, 0.4) is 0 Å². The molecule has 21 heavy (non-hydrogen) atoms. The van der Waals surface area contributed by atoms with Gasteiger partial charge in [-0.05, 0) is 49.6 Å². The Bertz CT molecular complexity index is 861. The fourth-order valence-corrected chi connectivity index (χ4v) is 4.21. The SMILES string of the molecule is Brc1cc(Br)c2ccc[n+]3c2c1OCc1ccccc1C3. The molecule has 0 fully saturated rings. The molecule has 0 atom stereocenters. The smallest absolute Gasteiger partial charge is 0.257 e. The van der Waals surface area contributed by atoms with Gasteiger partial charge in [-0.15, -0.1) is 0 Å². The van der Waals surface area contributed by atoms with Crippen LogP contribution < -0.4 is 9.30 Å². The van der Waals surface area contributed by atoms with Gasteiger partial charge in [-0.3, -0.25) is 0 Å². The number of rotatable bonds is 0. The summed E-state index contributed by atoms with van der Waals surface area (Å²) in [6.45, 7) is 1.45. The first kappa shape index (κ1) is 13.3. The lowest BCUT2D eigenvalue weighted by Gasteiger charge is -2.16. The molecular weight excluding hydrogens is 394 g/mol. The molecule has 1 aliphatic rings. The maximum Gasteiger partial charge on any atom is 0.257 e. The molecule has 2 aromatic carbocycles. The van der Waals surface area contributed by atoms with Crippen LogP contribution in [0.4, 0.5) is 0 Å². The Hall–Kier alpha value is -1.39. The Labute approximate surface area is 139 Å². The molecule has 0 aliphatic carbocycles. The van der Waals surface area contributed by atoms with Gasteiger partial charge < -0.3 is 4.74 Å². The fourth-order valence-electron chi connectivity index (χ4n) is 2.82. The van der Waals surface area contributed by atoms with Gasteiger partial charge in [0.2, 0.25) is 5.75 Å². The van der Waals surface area contributed by atoms with Gasteiger partial charge in [0.1, 0.15) is 6.61 Å². The first-order valence-electron chi connectivity index (χ1n) is 6.74. The summed E-state index contributed by atoms with van der Waals surface area (Å²) in [5, 5.41) is 1.16. The van der Waals surface area contributed by atoms with Crippen molar-refractivity contribution in [1.29, 1.82) is 0 Å². The molecule has 4 rings (SSSR count). The first-order valence-corrected chi connectivity index (χ1v) is 8.32. The van der Waals surface area contributed by atoms with Gasteiger partial charge in [0.15, 0.2) is 12.7 Å². The third kappa shape index (κ3) is 2.17. The lowest BCUT2D eigenvalue weighted by atomic mass is 10.1. The van der Waals surface area contributed by atoms with Crippen LogP contribution in [0.2, 0.25) is 0 Å². The summed E-state index contributed by atoms with van der Waals surface area (Å²) in [5.41, 5.74) is 3.66. The quantitative estimate of drug-likeness (QED) is 0.498. The number of nitrogens with zero attached hydrogens (tertiary/aromatic N) is 1. The third-order valence-corrected chi connectivity index (χ3v) is 5.09. The second kappa shape index (κ2) is 5.11. The van der Waals surface area contributed by atoms with Gasteiger partial charge >= 0.3 is 0 Å². The second-order valence-electron chi connectivity index (χ2n) is 5.13. The van der Waals surface area contributed by atoms with E-state index in [0.29, 0.717) is 6.61 Å². The van der Waals surface area contributed by atoms with Crippen molar-refractivity contribution in [3.05, 3.63) is 68.7 Å². The predicted octanol–water partition coefficient (Wildman–Crippen LogP) is 4.59. The van der Waals surface area contributed by atoms with Gasteiger partial charge in [-0.2, -0.15) is 4.57 Å².